The third kappa shape index (κ3) is 8.24. The first-order valence-electron chi connectivity index (χ1n) is 9.88. The van der Waals surface area contributed by atoms with Gasteiger partial charge in [-0.05, 0) is 35.7 Å². The van der Waals surface area contributed by atoms with Crippen molar-refractivity contribution in [3.63, 3.8) is 0 Å². The van der Waals surface area contributed by atoms with E-state index in [-0.39, 0.29) is 24.0 Å². The van der Waals surface area contributed by atoms with E-state index in [9.17, 15) is 0 Å². The van der Waals surface area contributed by atoms with Gasteiger partial charge in [0.15, 0.2) is 5.96 Å². The molecule has 158 valence electrons. The molecule has 0 aliphatic carbocycles. The lowest BCUT2D eigenvalue weighted by atomic mass is 10.1. The summed E-state index contributed by atoms with van der Waals surface area (Å²) in [4.78, 5) is 7.18. The van der Waals surface area contributed by atoms with Crippen molar-refractivity contribution in [2.24, 2.45) is 4.99 Å². The number of hydrogen-bond donors (Lipinski definition) is 2. The van der Waals surface area contributed by atoms with E-state index in [0.29, 0.717) is 6.54 Å². The van der Waals surface area contributed by atoms with Crippen LogP contribution in [0.5, 0.6) is 0 Å². The summed E-state index contributed by atoms with van der Waals surface area (Å²) in [6, 6.07) is 16.9. The second kappa shape index (κ2) is 13.2. The van der Waals surface area contributed by atoms with Gasteiger partial charge in [0.05, 0.1) is 19.8 Å². The number of morpholine rings is 1. The first-order valence-corrected chi connectivity index (χ1v) is 10.7. The standard InChI is InChI=1S/C22H29BrN4O.HI/c1-2-24-22(25-15-18-7-9-21(23)10-8-18)26-16-19-5-3-4-6-20(19)17-27-11-13-28-14-12-27;/h3-10H,2,11-17H2,1H3,(H2,24,25,26);1H. The molecule has 1 aliphatic rings. The molecule has 2 N–H and O–H groups in total. The number of nitrogens with zero attached hydrogens (tertiary/aromatic N) is 2. The molecule has 7 heteroatoms. The van der Waals surface area contributed by atoms with Gasteiger partial charge in [0.25, 0.3) is 0 Å². The van der Waals surface area contributed by atoms with Crippen LogP contribution in [0.3, 0.4) is 0 Å². The molecule has 0 radical (unpaired) electrons. The normalized spacial score (nSPS) is 14.9. The minimum Gasteiger partial charge on any atom is -0.379 e. The zero-order chi connectivity index (χ0) is 19.6. The van der Waals surface area contributed by atoms with Crippen molar-refractivity contribution in [3.05, 3.63) is 69.7 Å². The van der Waals surface area contributed by atoms with Crippen molar-refractivity contribution in [1.82, 2.24) is 15.5 Å². The molecule has 0 atom stereocenters. The highest BCUT2D eigenvalue weighted by Crippen LogP contribution is 2.13. The zero-order valence-corrected chi connectivity index (χ0v) is 20.8. The van der Waals surface area contributed by atoms with Crippen molar-refractivity contribution < 1.29 is 4.74 Å². The van der Waals surface area contributed by atoms with E-state index in [0.717, 1.165) is 56.4 Å². The molecule has 0 amide bonds. The van der Waals surface area contributed by atoms with E-state index >= 15 is 0 Å². The van der Waals surface area contributed by atoms with Crippen LogP contribution in [0.15, 0.2) is 58.0 Å². The first-order chi connectivity index (χ1) is 13.7. The van der Waals surface area contributed by atoms with Crippen molar-refractivity contribution >= 4 is 45.9 Å². The van der Waals surface area contributed by atoms with Crippen LogP contribution in [-0.2, 0) is 24.4 Å². The first kappa shape index (κ1) is 24.1. The Labute approximate surface area is 199 Å². The highest BCUT2D eigenvalue weighted by Gasteiger charge is 2.12. The monoisotopic (exact) mass is 572 g/mol. The van der Waals surface area contributed by atoms with Gasteiger partial charge in [0, 0.05) is 37.2 Å². The number of rotatable bonds is 7. The molecule has 0 spiro atoms. The van der Waals surface area contributed by atoms with Gasteiger partial charge in [-0.2, -0.15) is 0 Å². The average molecular weight is 573 g/mol. The molecule has 0 unspecified atom stereocenters. The summed E-state index contributed by atoms with van der Waals surface area (Å²) in [5, 5.41) is 6.82. The third-order valence-corrected chi connectivity index (χ3v) is 5.27. The van der Waals surface area contributed by atoms with Crippen LogP contribution in [0.25, 0.3) is 0 Å². The smallest absolute Gasteiger partial charge is 0.191 e. The van der Waals surface area contributed by atoms with Crippen LogP contribution < -0.4 is 10.6 Å². The fourth-order valence-electron chi connectivity index (χ4n) is 3.17. The Balaban J connectivity index is 0.00000300. The lowest BCUT2D eigenvalue weighted by molar-refractivity contribution is 0.0341. The second-order valence-electron chi connectivity index (χ2n) is 6.83. The number of benzene rings is 2. The number of halogens is 2. The molecule has 0 bridgehead atoms. The van der Waals surface area contributed by atoms with Crippen molar-refractivity contribution in [2.75, 3.05) is 32.8 Å². The maximum atomic E-state index is 5.46. The number of guanidine groups is 1. The van der Waals surface area contributed by atoms with Crippen LogP contribution in [-0.4, -0.2) is 43.7 Å². The van der Waals surface area contributed by atoms with Gasteiger partial charge in [0.2, 0.25) is 0 Å². The van der Waals surface area contributed by atoms with E-state index in [1.807, 2.05) is 12.1 Å². The Morgan fingerprint density at radius 3 is 2.41 bits per heavy atom. The molecule has 1 aliphatic heterocycles. The third-order valence-electron chi connectivity index (χ3n) is 4.74. The van der Waals surface area contributed by atoms with Gasteiger partial charge >= 0.3 is 0 Å². The van der Waals surface area contributed by atoms with Gasteiger partial charge < -0.3 is 15.4 Å². The highest BCUT2D eigenvalue weighted by molar-refractivity contribution is 14.0. The maximum absolute atomic E-state index is 5.46. The van der Waals surface area contributed by atoms with E-state index in [4.69, 9.17) is 9.73 Å². The summed E-state index contributed by atoms with van der Waals surface area (Å²) < 4.78 is 6.55. The summed E-state index contributed by atoms with van der Waals surface area (Å²) in [6.07, 6.45) is 0. The van der Waals surface area contributed by atoms with Crippen LogP contribution in [0.4, 0.5) is 0 Å². The zero-order valence-electron chi connectivity index (χ0n) is 16.9. The number of aliphatic imine (C=N–C) groups is 1. The SMILES string of the molecule is CCNC(=NCc1ccc(Br)cc1)NCc1ccccc1CN1CCOCC1.I. The topological polar surface area (TPSA) is 48.9 Å². The van der Waals surface area contributed by atoms with Crippen LogP contribution in [0.1, 0.15) is 23.6 Å². The van der Waals surface area contributed by atoms with Crippen molar-refractivity contribution in [2.45, 2.75) is 26.6 Å². The molecule has 2 aromatic rings. The van der Waals surface area contributed by atoms with E-state index in [1.165, 1.54) is 16.7 Å². The van der Waals surface area contributed by atoms with Crippen LogP contribution in [0, 0.1) is 0 Å². The fraction of sp³-hybridized carbons (Fsp3) is 0.409. The quantitative estimate of drug-likeness (QED) is 0.297. The minimum atomic E-state index is 0. The Hall–Kier alpha value is -1.16. The van der Waals surface area contributed by atoms with Gasteiger partial charge in [0.1, 0.15) is 0 Å². The maximum Gasteiger partial charge on any atom is 0.191 e. The molecule has 2 aromatic carbocycles. The number of nitrogens with one attached hydrogen (secondary N) is 2. The fourth-order valence-corrected chi connectivity index (χ4v) is 3.43. The Kier molecular flexibility index (Phi) is 11.0. The molecule has 3 rings (SSSR count). The summed E-state index contributed by atoms with van der Waals surface area (Å²) >= 11 is 3.47. The van der Waals surface area contributed by atoms with Crippen LogP contribution >= 0.6 is 39.9 Å². The molecule has 1 fully saturated rings. The summed E-state index contributed by atoms with van der Waals surface area (Å²) in [5.74, 6) is 0.839. The van der Waals surface area contributed by atoms with Gasteiger partial charge in [-0.3, -0.25) is 4.90 Å². The predicted octanol–water partition coefficient (Wildman–Crippen LogP) is 4.15. The number of ether oxygens (including phenoxy) is 1. The second-order valence-corrected chi connectivity index (χ2v) is 7.75. The highest BCUT2D eigenvalue weighted by atomic mass is 127. The van der Waals surface area contributed by atoms with Gasteiger partial charge in [-0.15, -0.1) is 24.0 Å². The molecule has 0 saturated carbocycles. The van der Waals surface area contributed by atoms with Crippen molar-refractivity contribution in [3.8, 4) is 0 Å². The molecule has 5 nitrogen and oxygen atoms in total. The largest absolute Gasteiger partial charge is 0.379 e. The summed E-state index contributed by atoms with van der Waals surface area (Å²) in [6.45, 7) is 8.95. The van der Waals surface area contributed by atoms with Gasteiger partial charge in [-0.25, -0.2) is 4.99 Å². The van der Waals surface area contributed by atoms with Crippen LogP contribution in [0.2, 0.25) is 0 Å². The van der Waals surface area contributed by atoms with E-state index in [1.54, 1.807) is 0 Å². The lowest BCUT2D eigenvalue weighted by Crippen LogP contribution is -2.38. The predicted molar refractivity (Wildman–Crippen MR) is 134 cm³/mol. The Bertz CT molecular complexity index is 764. The average Bonchev–Trinajstić information content (AvgIpc) is 2.73. The Morgan fingerprint density at radius 2 is 1.72 bits per heavy atom. The molecule has 1 heterocycles. The molecular weight excluding hydrogens is 543 g/mol. The molecule has 1 saturated heterocycles. The number of hydrogen-bond acceptors (Lipinski definition) is 3. The molecule has 0 aromatic heterocycles. The Morgan fingerprint density at radius 1 is 1.03 bits per heavy atom. The van der Waals surface area contributed by atoms with Gasteiger partial charge in [-0.1, -0.05) is 52.3 Å². The minimum absolute atomic E-state index is 0. The summed E-state index contributed by atoms with van der Waals surface area (Å²) in [7, 11) is 0. The molecular formula is C22H30BrIN4O. The van der Waals surface area contributed by atoms with Crippen molar-refractivity contribution in [1.29, 1.82) is 0 Å². The summed E-state index contributed by atoms with van der Waals surface area (Å²) in [5.41, 5.74) is 3.86. The lowest BCUT2D eigenvalue weighted by Gasteiger charge is -2.27. The van der Waals surface area contributed by atoms with E-state index in [2.05, 4.69) is 74.8 Å². The molecule has 29 heavy (non-hydrogen) atoms. The van der Waals surface area contributed by atoms with E-state index < -0.39 is 0 Å².